The molecule has 1 saturated heterocycles. The molecular formula is C24H24N2O4S. The molecule has 0 radical (unpaired) electrons. The van der Waals surface area contributed by atoms with Crippen molar-refractivity contribution in [2.24, 2.45) is 4.99 Å². The van der Waals surface area contributed by atoms with Gasteiger partial charge in [0, 0.05) is 0 Å². The first-order chi connectivity index (χ1) is 15.0. The van der Waals surface area contributed by atoms with Gasteiger partial charge in [0.15, 0.2) is 5.17 Å². The van der Waals surface area contributed by atoms with Gasteiger partial charge in [-0.3, -0.25) is 9.69 Å². The third kappa shape index (κ3) is 4.23. The zero-order valence-corrected chi connectivity index (χ0v) is 18.5. The first kappa shape index (κ1) is 21.2. The number of benzene rings is 2. The quantitative estimate of drug-likeness (QED) is 0.625. The second kappa shape index (κ2) is 8.98. The molecule has 2 heterocycles. The number of esters is 1. The van der Waals surface area contributed by atoms with Crippen LogP contribution in [0.4, 0.5) is 0 Å². The lowest BCUT2D eigenvalue weighted by Gasteiger charge is -2.33. The molecule has 160 valence electrons. The van der Waals surface area contributed by atoms with Gasteiger partial charge in [-0.2, -0.15) is 0 Å². The van der Waals surface area contributed by atoms with Crippen molar-refractivity contribution in [3.05, 3.63) is 77.0 Å². The van der Waals surface area contributed by atoms with Crippen molar-refractivity contribution in [2.45, 2.75) is 38.7 Å². The number of nitrogens with zero attached hydrogens (tertiary/aromatic N) is 2. The predicted octanol–water partition coefficient (Wildman–Crippen LogP) is 4.48. The number of thioether (sulfide) groups is 1. The summed E-state index contributed by atoms with van der Waals surface area (Å²) in [6.45, 7) is 6.12. The van der Waals surface area contributed by atoms with Crippen LogP contribution in [0.15, 0.2) is 70.9 Å². The molecule has 0 bridgehead atoms. The lowest BCUT2D eigenvalue weighted by atomic mass is 9.94. The number of carbonyl (C=O) groups excluding carboxylic acids is 2. The van der Waals surface area contributed by atoms with Gasteiger partial charge in [-0.15, -0.1) is 0 Å². The average Bonchev–Trinajstić information content (AvgIpc) is 3.05. The molecule has 0 saturated carbocycles. The molecule has 0 aliphatic carbocycles. The Morgan fingerprint density at radius 2 is 1.84 bits per heavy atom. The van der Waals surface area contributed by atoms with Gasteiger partial charge in [0.05, 0.1) is 29.2 Å². The molecule has 0 N–H and O–H groups in total. The molecule has 2 aliphatic rings. The molecule has 4 rings (SSSR count). The van der Waals surface area contributed by atoms with Gasteiger partial charge < -0.3 is 9.47 Å². The number of amidine groups is 1. The summed E-state index contributed by atoms with van der Waals surface area (Å²) in [5, 5.41) is 0.376. The van der Waals surface area contributed by atoms with E-state index in [0.29, 0.717) is 28.8 Å². The number of hydrogen-bond acceptors (Lipinski definition) is 6. The maximum Gasteiger partial charge on any atom is 0.338 e. The zero-order chi connectivity index (χ0) is 22.0. The molecule has 31 heavy (non-hydrogen) atoms. The van der Waals surface area contributed by atoms with E-state index in [4.69, 9.17) is 9.47 Å². The molecule has 1 amide bonds. The Morgan fingerprint density at radius 1 is 1.13 bits per heavy atom. The summed E-state index contributed by atoms with van der Waals surface area (Å²) in [5.41, 5.74) is 2.86. The summed E-state index contributed by atoms with van der Waals surface area (Å²) >= 11 is 1.41. The molecule has 0 aromatic heterocycles. The molecule has 2 aliphatic heterocycles. The van der Waals surface area contributed by atoms with E-state index in [1.807, 2.05) is 61.5 Å². The Bertz CT molecular complexity index is 1050. The maximum atomic E-state index is 12.9. The molecule has 2 atom stereocenters. The van der Waals surface area contributed by atoms with E-state index >= 15 is 0 Å². The van der Waals surface area contributed by atoms with E-state index in [-0.39, 0.29) is 17.8 Å². The van der Waals surface area contributed by atoms with Crippen LogP contribution in [0.2, 0.25) is 0 Å². The van der Waals surface area contributed by atoms with E-state index in [9.17, 15) is 9.59 Å². The lowest BCUT2D eigenvalue weighted by molar-refractivity contribution is -0.139. The Labute approximate surface area is 185 Å². The molecule has 1 fully saturated rings. The van der Waals surface area contributed by atoms with Crippen molar-refractivity contribution in [2.75, 3.05) is 6.61 Å². The highest BCUT2D eigenvalue weighted by Gasteiger charge is 2.46. The number of rotatable bonds is 6. The van der Waals surface area contributed by atoms with Crippen molar-refractivity contribution < 1.29 is 19.1 Å². The largest absolute Gasteiger partial charge is 0.489 e. The number of allylic oxidation sites excluding steroid dienone is 1. The summed E-state index contributed by atoms with van der Waals surface area (Å²) in [6.07, 6.45) is 0. The summed E-state index contributed by atoms with van der Waals surface area (Å²) in [7, 11) is 0. The Balaban J connectivity index is 1.63. The summed E-state index contributed by atoms with van der Waals surface area (Å²) in [4.78, 5) is 31.8. The molecule has 2 aromatic rings. The minimum atomic E-state index is -0.570. The molecule has 0 spiro atoms. The Hall–Kier alpha value is -3.06. The summed E-state index contributed by atoms with van der Waals surface area (Å²) in [6, 6.07) is 16.9. The fraction of sp³-hybridized carbons (Fsp3) is 0.292. The normalized spacial score (nSPS) is 20.4. The zero-order valence-electron chi connectivity index (χ0n) is 17.7. The van der Waals surface area contributed by atoms with Crippen LogP contribution in [-0.4, -0.2) is 33.8 Å². The Kier molecular flexibility index (Phi) is 6.13. The first-order valence-electron chi connectivity index (χ1n) is 10.2. The lowest BCUT2D eigenvalue weighted by Crippen LogP contribution is -2.40. The Morgan fingerprint density at radius 3 is 2.52 bits per heavy atom. The minimum absolute atomic E-state index is 0.0625. The molecular weight excluding hydrogens is 412 g/mol. The van der Waals surface area contributed by atoms with Gasteiger partial charge in [0.2, 0.25) is 5.91 Å². The molecule has 2 aromatic carbocycles. The van der Waals surface area contributed by atoms with Gasteiger partial charge in [0.25, 0.3) is 0 Å². The number of carbonyl (C=O) groups is 2. The standard InChI is InChI=1S/C24H24N2O4S/c1-4-29-23(28)20-15(2)25-24-26(22(27)16(3)31-24)21(20)18-10-12-19(13-11-18)30-14-17-8-6-5-7-9-17/h5-13,16,21H,4,14H2,1-3H3/t16-,21+/m1/s1. The topological polar surface area (TPSA) is 68.2 Å². The van der Waals surface area contributed by atoms with E-state index in [1.165, 1.54) is 11.8 Å². The van der Waals surface area contributed by atoms with Gasteiger partial charge in [-0.05, 0) is 44.0 Å². The van der Waals surface area contributed by atoms with Crippen molar-refractivity contribution in [3.63, 3.8) is 0 Å². The SMILES string of the molecule is CCOC(=O)C1=C(C)N=C2S[C@H](C)C(=O)N2[C@H]1c1ccc(OCc2ccccc2)cc1. The number of amides is 1. The molecule has 7 heteroatoms. The van der Waals surface area contributed by atoms with Crippen molar-refractivity contribution in [1.82, 2.24) is 4.90 Å². The van der Waals surface area contributed by atoms with Crippen LogP contribution >= 0.6 is 11.8 Å². The van der Waals surface area contributed by atoms with Crippen LogP contribution < -0.4 is 4.74 Å². The second-order valence-corrected chi connectivity index (χ2v) is 8.64. The van der Waals surface area contributed by atoms with E-state index < -0.39 is 12.0 Å². The highest BCUT2D eigenvalue weighted by molar-refractivity contribution is 8.15. The highest BCUT2D eigenvalue weighted by Crippen LogP contribution is 2.43. The smallest absolute Gasteiger partial charge is 0.338 e. The third-order valence-corrected chi connectivity index (χ3v) is 6.25. The predicted molar refractivity (Wildman–Crippen MR) is 121 cm³/mol. The van der Waals surface area contributed by atoms with Crippen LogP contribution in [0.5, 0.6) is 5.75 Å². The second-order valence-electron chi connectivity index (χ2n) is 7.33. The van der Waals surface area contributed by atoms with Crippen LogP contribution in [0.1, 0.15) is 37.9 Å². The maximum absolute atomic E-state index is 12.9. The molecule has 0 unspecified atom stereocenters. The third-order valence-electron chi connectivity index (χ3n) is 5.20. The first-order valence-corrected chi connectivity index (χ1v) is 11.1. The van der Waals surface area contributed by atoms with Crippen LogP contribution in [-0.2, 0) is 20.9 Å². The fourth-order valence-corrected chi connectivity index (χ4v) is 4.70. The van der Waals surface area contributed by atoms with Crippen LogP contribution in [0.3, 0.4) is 0 Å². The number of fused-ring (bicyclic) bond motifs is 1. The van der Waals surface area contributed by atoms with E-state index in [0.717, 1.165) is 11.1 Å². The minimum Gasteiger partial charge on any atom is -0.489 e. The summed E-state index contributed by atoms with van der Waals surface area (Å²) in [5.74, 6) is 0.202. The van der Waals surface area contributed by atoms with Crippen LogP contribution in [0, 0.1) is 0 Å². The highest BCUT2D eigenvalue weighted by atomic mass is 32.2. The van der Waals surface area contributed by atoms with Gasteiger partial charge >= 0.3 is 5.97 Å². The number of aliphatic imine (C=N–C) groups is 1. The molecule has 6 nitrogen and oxygen atoms in total. The van der Waals surface area contributed by atoms with Gasteiger partial charge in [0.1, 0.15) is 12.4 Å². The van der Waals surface area contributed by atoms with E-state index in [2.05, 4.69) is 4.99 Å². The summed E-state index contributed by atoms with van der Waals surface area (Å²) < 4.78 is 11.2. The van der Waals surface area contributed by atoms with Crippen LogP contribution in [0.25, 0.3) is 0 Å². The fourth-order valence-electron chi connectivity index (χ4n) is 3.68. The van der Waals surface area contributed by atoms with Gasteiger partial charge in [-0.1, -0.05) is 54.2 Å². The van der Waals surface area contributed by atoms with Gasteiger partial charge in [-0.25, -0.2) is 9.79 Å². The number of hydrogen-bond donors (Lipinski definition) is 0. The average molecular weight is 437 g/mol. The number of ether oxygens (including phenoxy) is 2. The monoisotopic (exact) mass is 436 g/mol. The van der Waals surface area contributed by atoms with Crippen molar-refractivity contribution in [3.8, 4) is 5.75 Å². The van der Waals surface area contributed by atoms with Crippen molar-refractivity contribution in [1.29, 1.82) is 0 Å². The van der Waals surface area contributed by atoms with Crippen molar-refractivity contribution >= 4 is 28.8 Å². The van der Waals surface area contributed by atoms with E-state index in [1.54, 1.807) is 18.7 Å².